The average Bonchev–Trinajstić information content (AvgIpc) is 3.20. The minimum absolute atomic E-state index is 0.117. The fraction of sp³-hybridized carbons (Fsp3) is 0.550. The van der Waals surface area contributed by atoms with E-state index < -0.39 is 28.1 Å². The number of sulfonamides is 1. The van der Waals surface area contributed by atoms with Crippen molar-refractivity contribution >= 4 is 27.7 Å². The van der Waals surface area contributed by atoms with Crippen LogP contribution in [0.1, 0.15) is 25.7 Å². The number of nitrogens with one attached hydrogen (secondary N) is 2. The quantitative estimate of drug-likeness (QED) is 0.411. The third-order valence-corrected chi connectivity index (χ3v) is 7.11. The van der Waals surface area contributed by atoms with Crippen LogP contribution in [0, 0.1) is 0 Å². The first-order valence-corrected chi connectivity index (χ1v) is 11.9. The molecule has 2 N–H and O–H groups in total. The van der Waals surface area contributed by atoms with Crippen LogP contribution in [0.3, 0.4) is 0 Å². The van der Waals surface area contributed by atoms with Crippen LogP contribution in [-0.2, 0) is 29.1 Å². The molecule has 31 heavy (non-hydrogen) atoms. The van der Waals surface area contributed by atoms with Gasteiger partial charge in [0.1, 0.15) is 6.23 Å². The van der Waals surface area contributed by atoms with Crippen LogP contribution in [0.15, 0.2) is 35.2 Å². The van der Waals surface area contributed by atoms with Gasteiger partial charge in [-0.05, 0) is 31.4 Å². The van der Waals surface area contributed by atoms with Gasteiger partial charge in [0, 0.05) is 32.6 Å². The predicted octanol–water partition coefficient (Wildman–Crippen LogP) is -0.331. The van der Waals surface area contributed by atoms with Crippen LogP contribution in [-0.4, -0.2) is 80.9 Å². The number of hydrogen-bond acceptors (Lipinski definition) is 6. The number of likely N-dealkylation sites (tertiary alicyclic amines) is 1. The highest BCUT2D eigenvalue weighted by atomic mass is 32.2. The highest BCUT2D eigenvalue weighted by Gasteiger charge is 2.34. The number of rotatable bonds is 8. The zero-order valence-electron chi connectivity index (χ0n) is 17.3. The summed E-state index contributed by atoms with van der Waals surface area (Å²) in [5, 5.41) is 4.96. The minimum atomic E-state index is -3.79. The summed E-state index contributed by atoms with van der Waals surface area (Å²) in [6, 6.07) is 8.01. The Morgan fingerprint density at radius 1 is 1.06 bits per heavy atom. The van der Waals surface area contributed by atoms with Gasteiger partial charge in [0.05, 0.1) is 18.0 Å². The molecule has 2 aliphatic heterocycles. The standard InChI is InChI=1S/C20H28N4O6S/c25-17-9-4-11-23(17)12-5-10-21-19(26)20(27)22-15-18-24(13-6-14-30-18)31(28,29)16-7-2-1-3-8-16/h1-3,7-8,18H,4-6,9-15H2,(H,21,26)(H,22,27)/t18-/m0/s1. The molecule has 10 nitrogen and oxygen atoms in total. The van der Waals surface area contributed by atoms with Gasteiger partial charge in [0.25, 0.3) is 0 Å². The van der Waals surface area contributed by atoms with Gasteiger partial charge in [-0.15, -0.1) is 0 Å². The molecule has 2 aliphatic rings. The van der Waals surface area contributed by atoms with E-state index in [9.17, 15) is 22.8 Å². The Morgan fingerprint density at radius 2 is 1.81 bits per heavy atom. The minimum Gasteiger partial charge on any atom is -0.360 e. The van der Waals surface area contributed by atoms with Crippen LogP contribution < -0.4 is 10.6 Å². The lowest BCUT2D eigenvalue weighted by atomic mass is 10.3. The number of nitrogens with zero attached hydrogens (tertiary/aromatic N) is 2. The van der Waals surface area contributed by atoms with E-state index in [1.165, 1.54) is 16.4 Å². The van der Waals surface area contributed by atoms with Crippen molar-refractivity contribution in [3.63, 3.8) is 0 Å². The molecule has 0 saturated carbocycles. The van der Waals surface area contributed by atoms with Gasteiger partial charge >= 0.3 is 11.8 Å². The van der Waals surface area contributed by atoms with Crippen LogP contribution in [0.5, 0.6) is 0 Å². The molecule has 0 radical (unpaired) electrons. The summed E-state index contributed by atoms with van der Waals surface area (Å²) >= 11 is 0. The predicted molar refractivity (Wildman–Crippen MR) is 111 cm³/mol. The number of benzene rings is 1. The van der Waals surface area contributed by atoms with E-state index in [1.54, 1.807) is 23.1 Å². The molecule has 2 heterocycles. The fourth-order valence-electron chi connectivity index (χ4n) is 3.58. The maximum Gasteiger partial charge on any atom is 0.309 e. The summed E-state index contributed by atoms with van der Waals surface area (Å²) in [7, 11) is -3.79. The van der Waals surface area contributed by atoms with Crippen molar-refractivity contribution in [3.05, 3.63) is 30.3 Å². The van der Waals surface area contributed by atoms with Gasteiger partial charge in [-0.3, -0.25) is 14.4 Å². The smallest absolute Gasteiger partial charge is 0.309 e. The summed E-state index contributed by atoms with van der Waals surface area (Å²) in [6.07, 6.45) is 1.62. The van der Waals surface area contributed by atoms with Crippen molar-refractivity contribution in [2.24, 2.45) is 0 Å². The van der Waals surface area contributed by atoms with Gasteiger partial charge < -0.3 is 20.3 Å². The van der Waals surface area contributed by atoms with Gasteiger partial charge in [0.2, 0.25) is 15.9 Å². The Kier molecular flexibility index (Phi) is 7.99. The topological polar surface area (TPSA) is 125 Å². The van der Waals surface area contributed by atoms with Crippen molar-refractivity contribution in [1.29, 1.82) is 0 Å². The van der Waals surface area contributed by atoms with Crippen LogP contribution in [0.4, 0.5) is 0 Å². The van der Waals surface area contributed by atoms with Gasteiger partial charge in [-0.2, -0.15) is 4.31 Å². The monoisotopic (exact) mass is 452 g/mol. The molecule has 0 bridgehead atoms. The molecule has 1 aromatic carbocycles. The van der Waals surface area contributed by atoms with E-state index in [-0.39, 0.29) is 30.4 Å². The van der Waals surface area contributed by atoms with Gasteiger partial charge in [-0.25, -0.2) is 8.42 Å². The molecule has 1 aromatic rings. The molecular weight excluding hydrogens is 424 g/mol. The van der Waals surface area contributed by atoms with Crippen molar-refractivity contribution < 1.29 is 27.5 Å². The number of amides is 3. The van der Waals surface area contributed by atoms with Crippen molar-refractivity contribution in [2.45, 2.75) is 36.8 Å². The molecule has 0 unspecified atom stereocenters. The van der Waals surface area contributed by atoms with E-state index >= 15 is 0 Å². The van der Waals surface area contributed by atoms with Crippen molar-refractivity contribution in [3.8, 4) is 0 Å². The third kappa shape index (κ3) is 6.02. The van der Waals surface area contributed by atoms with Crippen LogP contribution in [0.2, 0.25) is 0 Å². The first kappa shape index (κ1) is 23.2. The Balaban J connectivity index is 1.46. The first-order chi connectivity index (χ1) is 14.9. The SMILES string of the molecule is O=C(NCCCN1CCCC1=O)C(=O)NC[C@@H]1OCCCN1S(=O)(=O)c1ccccc1. The maximum atomic E-state index is 12.9. The first-order valence-electron chi connectivity index (χ1n) is 10.4. The normalized spacial score (nSPS) is 19.9. The maximum absolute atomic E-state index is 12.9. The van der Waals surface area contributed by atoms with E-state index in [4.69, 9.17) is 4.74 Å². The lowest BCUT2D eigenvalue weighted by Crippen LogP contribution is -2.53. The molecule has 3 amide bonds. The zero-order valence-corrected chi connectivity index (χ0v) is 18.1. The zero-order chi connectivity index (χ0) is 22.3. The largest absolute Gasteiger partial charge is 0.360 e. The molecule has 170 valence electrons. The molecule has 2 fully saturated rings. The summed E-state index contributed by atoms with van der Waals surface area (Å²) in [5.74, 6) is -1.55. The molecule has 2 saturated heterocycles. The van der Waals surface area contributed by atoms with E-state index in [0.29, 0.717) is 32.4 Å². The molecule has 3 rings (SSSR count). The molecule has 0 aromatic heterocycles. The van der Waals surface area contributed by atoms with Crippen LogP contribution in [0.25, 0.3) is 0 Å². The third-order valence-electron chi connectivity index (χ3n) is 5.21. The second kappa shape index (κ2) is 10.7. The number of hydrogen-bond donors (Lipinski definition) is 2. The van der Waals surface area contributed by atoms with E-state index in [0.717, 1.165) is 13.0 Å². The van der Waals surface area contributed by atoms with E-state index in [1.807, 2.05) is 0 Å². The molecule has 1 atom stereocenters. The summed E-state index contributed by atoms with van der Waals surface area (Å²) in [5.41, 5.74) is 0. The summed E-state index contributed by atoms with van der Waals surface area (Å²) in [6.45, 7) is 2.03. The number of carbonyl (C=O) groups excluding carboxylic acids is 3. The van der Waals surface area contributed by atoms with Gasteiger partial charge in [0.15, 0.2) is 0 Å². The summed E-state index contributed by atoms with van der Waals surface area (Å²) in [4.78, 5) is 37.5. The highest BCUT2D eigenvalue weighted by Crippen LogP contribution is 2.21. The molecular formula is C20H28N4O6S. The molecule has 0 aliphatic carbocycles. The lowest BCUT2D eigenvalue weighted by molar-refractivity contribution is -0.140. The second-order valence-electron chi connectivity index (χ2n) is 7.41. The fourth-order valence-corrected chi connectivity index (χ4v) is 5.17. The average molecular weight is 453 g/mol. The Bertz CT molecular complexity index is 892. The lowest BCUT2D eigenvalue weighted by Gasteiger charge is -2.34. The van der Waals surface area contributed by atoms with Crippen molar-refractivity contribution in [1.82, 2.24) is 19.8 Å². The molecule has 0 spiro atoms. The Hall–Kier alpha value is -2.50. The second-order valence-corrected chi connectivity index (χ2v) is 9.30. The number of ether oxygens (including phenoxy) is 1. The van der Waals surface area contributed by atoms with Gasteiger partial charge in [-0.1, -0.05) is 18.2 Å². The highest BCUT2D eigenvalue weighted by molar-refractivity contribution is 7.89. The summed E-state index contributed by atoms with van der Waals surface area (Å²) < 4.78 is 32.6. The van der Waals surface area contributed by atoms with Crippen molar-refractivity contribution in [2.75, 3.05) is 39.3 Å². The Labute approximate surface area is 182 Å². The van der Waals surface area contributed by atoms with Crippen LogP contribution >= 0.6 is 0 Å². The number of carbonyl (C=O) groups is 3. The molecule has 11 heteroatoms. The Morgan fingerprint density at radius 3 is 2.52 bits per heavy atom. The van der Waals surface area contributed by atoms with E-state index in [2.05, 4.69) is 10.6 Å².